The van der Waals surface area contributed by atoms with Crippen molar-refractivity contribution in [2.45, 2.75) is 6.18 Å². The smallest absolute Gasteiger partial charge is 0.310 e. The van der Waals surface area contributed by atoms with Crippen LogP contribution in [0.4, 0.5) is 24.5 Å². The SMILES string of the molecule is [C-]#[N+]c1cc(C(F)(F)F)ccc1-c1ccc(-n2c3ccc(-c4ccccc4)cc3c3cc(-c4ccccc4)ccc32)c(-c2c([N+]#[C-])cccc2-n2c3ccc(-c4ccccc4)cc3c3cc(-c4ccccc4)ccc32)c1. The summed E-state index contributed by atoms with van der Waals surface area (Å²) < 4.78 is 47.1. The molecule has 13 aromatic rings. The fourth-order valence-electron chi connectivity index (χ4n) is 11.0. The molecule has 0 amide bonds. The van der Waals surface area contributed by atoms with Gasteiger partial charge in [-0.3, -0.25) is 0 Å². The van der Waals surface area contributed by atoms with E-state index in [1.807, 2.05) is 109 Å². The molecule has 2 aromatic heterocycles. The number of alkyl halides is 3. The van der Waals surface area contributed by atoms with E-state index in [4.69, 9.17) is 13.1 Å². The lowest BCUT2D eigenvalue weighted by molar-refractivity contribution is -0.137. The molecule has 0 bridgehead atoms. The summed E-state index contributed by atoms with van der Waals surface area (Å²) >= 11 is 0. The first-order chi connectivity index (χ1) is 37.2. The number of benzene rings is 11. The van der Waals surface area contributed by atoms with Crippen LogP contribution in [0.3, 0.4) is 0 Å². The number of hydrogen-bond donors (Lipinski definition) is 0. The first kappa shape index (κ1) is 45.6. The van der Waals surface area contributed by atoms with E-state index in [2.05, 4.69) is 140 Å². The minimum absolute atomic E-state index is 0.128. The molecule has 0 atom stereocenters. The molecule has 0 N–H and O–H groups in total. The Morgan fingerprint density at radius 2 is 0.697 bits per heavy atom. The molecule has 0 saturated heterocycles. The highest BCUT2D eigenvalue weighted by atomic mass is 19.4. The van der Waals surface area contributed by atoms with E-state index in [9.17, 15) is 13.2 Å². The second kappa shape index (κ2) is 18.4. The fraction of sp³-hybridized carbons (Fsp3) is 0.0145. The van der Waals surface area contributed by atoms with Gasteiger partial charge in [0.2, 0.25) is 0 Å². The number of halogens is 3. The molecule has 0 radical (unpaired) electrons. The third-order valence-corrected chi connectivity index (χ3v) is 14.6. The van der Waals surface area contributed by atoms with Crippen LogP contribution in [0.1, 0.15) is 5.56 Å². The lowest BCUT2D eigenvalue weighted by atomic mass is 9.93. The zero-order chi connectivity index (χ0) is 51.5. The quantitative estimate of drug-likeness (QED) is 0.135. The van der Waals surface area contributed by atoms with E-state index in [0.29, 0.717) is 27.9 Å². The number of nitrogens with zero attached hydrogens (tertiary/aromatic N) is 4. The van der Waals surface area contributed by atoms with Crippen molar-refractivity contribution in [2.24, 2.45) is 0 Å². The Hall–Kier alpha value is -10.2. The molecule has 0 fully saturated rings. The predicted octanol–water partition coefficient (Wildman–Crippen LogP) is 20.0. The predicted molar refractivity (Wildman–Crippen MR) is 305 cm³/mol. The zero-order valence-corrected chi connectivity index (χ0v) is 40.6. The molecular weight excluding hydrogens is 942 g/mol. The van der Waals surface area contributed by atoms with Crippen molar-refractivity contribution in [1.29, 1.82) is 0 Å². The Morgan fingerprint density at radius 3 is 1.09 bits per heavy atom. The maximum Gasteiger partial charge on any atom is 0.415 e. The summed E-state index contributed by atoms with van der Waals surface area (Å²) in [5.74, 6) is 0. The van der Waals surface area contributed by atoms with Gasteiger partial charge in [-0.2, -0.15) is 13.2 Å². The molecular formula is C69H41F3N4. The van der Waals surface area contributed by atoms with Crippen molar-refractivity contribution in [1.82, 2.24) is 9.13 Å². The van der Waals surface area contributed by atoms with Gasteiger partial charge >= 0.3 is 6.18 Å². The van der Waals surface area contributed by atoms with Crippen molar-refractivity contribution in [3.63, 3.8) is 0 Å². The topological polar surface area (TPSA) is 18.6 Å². The van der Waals surface area contributed by atoms with Gasteiger partial charge in [-0.05, 0) is 134 Å². The highest BCUT2D eigenvalue weighted by Gasteiger charge is 2.31. The van der Waals surface area contributed by atoms with Crippen molar-refractivity contribution < 1.29 is 13.2 Å². The van der Waals surface area contributed by atoms with Gasteiger partial charge in [-0.1, -0.05) is 176 Å². The highest BCUT2D eigenvalue weighted by molar-refractivity contribution is 6.14. The Kier molecular flexibility index (Phi) is 11.0. The molecule has 11 aromatic carbocycles. The Morgan fingerprint density at radius 1 is 0.303 bits per heavy atom. The monoisotopic (exact) mass is 982 g/mol. The standard InChI is InChI=1S/C69H41F3N4/c1-73-60-24-15-25-67(76-64-35-28-50(46-20-11-5-12-21-46)40-57(64)58-41-51(29-36-65(58)76)47-22-13-6-14-23-47)68(60)59-42-52(54-32-31-53(69(70,71)72)43-61(54)74-2)30-37-66(59)75-62-33-26-48(44-16-7-3-8-17-44)38-55(62)56-39-49(27-34-63(56)75)45-18-9-4-10-19-45/h3-43H. The third-order valence-electron chi connectivity index (χ3n) is 14.6. The molecule has 358 valence electrons. The molecule has 0 spiro atoms. The van der Waals surface area contributed by atoms with Gasteiger partial charge in [0.25, 0.3) is 0 Å². The number of rotatable bonds is 8. The maximum atomic E-state index is 14.2. The molecule has 0 aliphatic carbocycles. The Labute approximate surface area is 436 Å². The molecule has 0 aliphatic rings. The van der Waals surface area contributed by atoms with Crippen molar-refractivity contribution in [3.8, 4) is 78.1 Å². The molecule has 7 heteroatoms. The summed E-state index contributed by atoms with van der Waals surface area (Å²) in [4.78, 5) is 7.91. The number of aromatic nitrogens is 2. The normalized spacial score (nSPS) is 11.6. The summed E-state index contributed by atoms with van der Waals surface area (Å²) in [5.41, 5.74) is 15.3. The average molecular weight is 983 g/mol. The van der Waals surface area contributed by atoms with Gasteiger partial charge < -0.3 is 9.13 Å². The lowest BCUT2D eigenvalue weighted by Gasteiger charge is -2.21. The summed E-state index contributed by atoms with van der Waals surface area (Å²) in [5, 5.41) is 4.09. The highest BCUT2D eigenvalue weighted by Crippen LogP contribution is 2.48. The van der Waals surface area contributed by atoms with Crippen LogP contribution >= 0.6 is 0 Å². The van der Waals surface area contributed by atoms with E-state index < -0.39 is 11.7 Å². The van der Waals surface area contributed by atoms with Gasteiger partial charge in [0.1, 0.15) is 0 Å². The Balaban J connectivity index is 1.13. The van der Waals surface area contributed by atoms with Crippen LogP contribution in [-0.4, -0.2) is 9.13 Å². The molecule has 2 heterocycles. The van der Waals surface area contributed by atoms with Crippen LogP contribution in [0.5, 0.6) is 0 Å². The van der Waals surface area contributed by atoms with Crippen molar-refractivity contribution in [3.05, 3.63) is 277 Å². The van der Waals surface area contributed by atoms with Gasteiger partial charge in [0.05, 0.1) is 40.9 Å². The van der Waals surface area contributed by atoms with E-state index >= 15 is 0 Å². The average Bonchev–Trinajstić information content (AvgIpc) is 4.12. The maximum absolute atomic E-state index is 14.2. The Bertz CT molecular complexity index is 4310. The van der Waals surface area contributed by atoms with Gasteiger partial charge in [0, 0.05) is 38.4 Å². The first-order valence-corrected chi connectivity index (χ1v) is 24.9. The van der Waals surface area contributed by atoms with Crippen LogP contribution in [0.25, 0.3) is 131 Å². The summed E-state index contributed by atoms with van der Waals surface area (Å²) in [6, 6.07) is 82.2. The van der Waals surface area contributed by atoms with Gasteiger partial charge in [-0.25, -0.2) is 9.69 Å². The van der Waals surface area contributed by atoms with E-state index in [1.54, 1.807) is 0 Å². The van der Waals surface area contributed by atoms with Gasteiger partial charge in [-0.15, -0.1) is 0 Å². The summed E-state index contributed by atoms with van der Waals surface area (Å²) in [7, 11) is 0. The molecule has 0 saturated carbocycles. The van der Waals surface area contributed by atoms with Crippen molar-refractivity contribution >= 4 is 55.0 Å². The summed E-state index contributed by atoms with van der Waals surface area (Å²) in [6.45, 7) is 17.0. The van der Waals surface area contributed by atoms with Crippen molar-refractivity contribution in [2.75, 3.05) is 0 Å². The zero-order valence-electron chi connectivity index (χ0n) is 40.6. The first-order valence-electron chi connectivity index (χ1n) is 24.9. The molecule has 76 heavy (non-hydrogen) atoms. The van der Waals surface area contributed by atoms with Crippen LogP contribution < -0.4 is 0 Å². The van der Waals surface area contributed by atoms with Crippen LogP contribution in [0.15, 0.2) is 249 Å². The third kappa shape index (κ3) is 7.78. The van der Waals surface area contributed by atoms with Gasteiger partial charge in [0.15, 0.2) is 11.4 Å². The number of hydrogen-bond acceptors (Lipinski definition) is 0. The largest absolute Gasteiger partial charge is 0.415 e. The number of fused-ring (bicyclic) bond motifs is 6. The van der Waals surface area contributed by atoms with E-state index in [1.165, 1.54) is 6.07 Å². The molecule has 4 nitrogen and oxygen atoms in total. The van der Waals surface area contributed by atoms with Crippen LogP contribution in [0, 0.1) is 13.1 Å². The molecule has 13 rings (SSSR count). The van der Waals surface area contributed by atoms with Crippen LogP contribution in [-0.2, 0) is 6.18 Å². The van der Waals surface area contributed by atoms with E-state index in [-0.39, 0.29) is 5.69 Å². The second-order valence-corrected chi connectivity index (χ2v) is 18.9. The minimum atomic E-state index is -4.64. The second-order valence-electron chi connectivity index (χ2n) is 18.9. The van der Waals surface area contributed by atoms with E-state index in [0.717, 1.165) is 112 Å². The van der Waals surface area contributed by atoms with Crippen LogP contribution in [0.2, 0.25) is 0 Å². The molecule has 0 aliphatic heterocycles. The molecule has 0 unspecified atom stereocenters. The lowest BCUT2D eigenvalue weighted by Crippen LogP contribution is -2.04. The fourth-order valence-corrected chi connectivity index (χ4v) is 11.0. The minimum Gasteiger partial charge on any atom is -0.310 e. The summed E-state index contributed by atoms with van der Waals surface area (Å²) in [6.07, 6.45) is -4.64.